The molecule has 0 aliphatic carbocycles. The third-order valence-corrected chi connectivity index (χ3v) is 7.04. The second-order valence-corrected chi connectivity index (χ2v) is 8.78. The number of thioether (sulfide) groups is 1. The molecule has 0 saturated carbocycles. The molecule has 2 amide bonds. The molecule has 138 valence electrons. The minimum absolute atomic E-state index is 0.00172. The van der Waals surface area contributed by atoms with Gasteiger partial charge in [-0.3, -0.25) is 9.59 Å². The van der Waals surface area contributed by atoms with Gasteiger partial charge in [0.1, 0.15) is 6.04 Å². The van der Waals surface area contributed by atoms with Crippen LogP contribution in [0.15, 0.2) is 17.5 Å². The van der Waals surface area contributed by atoms with E-state index in [1.807, 2.05) is 22.4 Å². The minimum Gasteiger partial charge on any atom is -0.353 e. The first-order chi connectivity index (χ1) is 12.2. The van der Waals surface area contributed by atoms with Gasteiger partial charge in [-0.15, -0.1) is 23.1 Å². The highest BCUT2D eigenvalue weighted by Gasteiger charge is 2.41. The van der Waals surface area contributed by atoms with Crippen molar-refractivity contribution >= 4 is 34.9 Å². The van der Waals surface area contributed by atoms with Gasteiger partial charge >= 0.3 is 0 Å². The quantitative estimate of drug-likeness (QED) is 0.789. The lowest BCUT2D eigenvalue weighted by molar-refractivity contribution is -0.124. The number of hydrogen-bond donors (Lipinski definition) is 1. The SMILES string of the molecule is CCCC1SCC(C(=O)NCCN2CCCC2)N1C(=O)c1cccs1. The number of nitrogens with zero attached hydrogens (tertiary/aromatic N) is 2. The summed E-state index contributed by atoms with van der Waals surface area (Å²) < 4.78 is 0. The molecule has 2 unspecified atom stereocenters. The highest BCUT2D eigenvalue weighted by atomic mass is 32.2. The van der Waals surface area contributed by atoms with Crippen LogP contribution < -0.4 is 5.32 Å². The van der Waals surface area contributed by atoms with Crippen molar-refractivity contribution in [3.63, 3.8) is 0 Å². The summed E-state index contributed by atoms with van der Waals surface area (Å²) in [6.07, 6.45) is 4.46. The van der Waals surface area contributed by atoms with E-state index < -0.39 is 0 Å². The zero-order valence-corrected chi connectivity index (χ0v) is 16.4. The zero-order valence-electron chi connectivity index (χ0n) is 14.8. The fourth-order valence-electron chi connectivity index (χ4n) is 3.50. The van der Waals surface area contributed by atoms with Crippen molar-refractivity contribution < 1.29 is 9.59 Å². The molecule has 3 heterocycles. The van der Waals surface area contributed by atoms with Gasteiger partial charge in [-0.25, -0.2) is 0 Å². The van der Waals surface area contributed by atoms with Crippen molar-refractivity contribution in [2.75, 3.05) is 31.9 Å². The molecule has 3 rings (SSSR count). The lowest BCUT2D eigenvalue weighted by Gasteiger charge is -2.28. The van der Waals surface area contributed by atoms with Gasteiger partial charge in [0.15, 0.2) is 0 Å². The van der Waals surface area contributed by atoms with Crippen molar-refractivity contribution in [2.45, 2.75) is 44.0 Å². The lowest BCUT2D eigenvalue weighted by Crippen LogP contribution is -2.50. The maximum Gasteiger partial charge on any atom is 0.265 e. The van der Waals surface area contributed by atoms with E-state index in [1.165, 1.54) is 24.2 Å². The van der Waals surface area contributed by atoms with Crippen LogP contribution in [0.3, 0.4) is 0 Å². The van der Waals surface area contributed by atoms with Crippen LogP contribution >= 0.6 is 23.1 Å². The normalized spacial score (nSPS) is 24.0. The number of nitrogens with one attached hydrogen (secondary N) is 1. The fourth-order valence-corrected chi connectivity index (χ4v) is 5.69. The van der Waals surface area contributed by atoms with E-state index in [-0.39, 0.29) is 23.2 Å². The number of carbonyl (C=O) groups is 2. The number of hydrogen-bond acceptors (Lipinski definition) is 5. The first-order valence-corrected chi connectivity index (χ1v) is 11.1. The number of carbonyl (C=O) groups excluding carboxylic acids is 2. The van der Waals surface area contributed by atoms with Crippen LogP contribution in [0.2, 0.25) is 0 Å². The summed E-state index contributed by atoms with van der Waals surface area (Å²) in [5, 5.41) is 5.08. The molecule has 0 spiro atoms. The summed E-state index contributed by atoms with van der Waals surface area (Å²) in [5.41, 5.74) is 0. The molecule has 5 nitrogen and oxygen atoms in total. The lowest BCUT2D eigenvalue weighted by atomic mass is 10.2. The van der Waals surface area contributed by atoms with Crippen molar-refractivity contribution in [3.8, 4) is 0 Å². The molecule has 2 aliphatic rings. The Hall–Kier alpha value is -1.05. The average Bonchev–Trinajstić information content (AvgIpc) is 3.36. The smallest absolute Gasteiger partial charge is 0.265 e. The Labute approximate surface area is 158 Å². The molecule has 2 aliphatic heterocycles. The summed E-state index contributed by atoms with van der Waals surface area (Å²) in [6, 6.07) is 3.39. The van der Waals surface area contributed by atoms with Gasteiger partial charge in [0.2, 0.25) is 5.91 Å². The second kappa shape index (κ2) is 9.05. The molecule has 2 fully saturated rings. The van der Waals surface area contributed by atoms with E-state index in [0.717, 1.165) is 37.4 Å². The van der Waals surface area contributed by atoms with Gasteiger partial charge in [0.05, 0.1) is 10.3 Å². The molecule has 2 saturated heterocycles. The maximum absolute atomic E-state index is 12.9. The monoisotopic (exact) mass is 381 g/mol. The highest BCUT2D eigenvalue weighted by molar-refractivity contribution is 8.00. The van der Waals surface area contributed by atoms with Gasteiger partial charge in [0, 0.05) is 18.8 Å². The molecule has 1 aromatic rings. The summed E-state index contributed by atoms with van der Waals surface area (Å²) in [4.78, 5) is 30.6. The molecule has 1 N–H and O–H groups in total. The molecule has 25 heavy (non-hydrogen) atoms. The predicted octanol–water partition coefficient (Wildman–Crippen LogP) is 2.64. The van der Waals surface area contributed by atoms with E-state index in [9.17, 15) is 9.59 Å². The summed E-state index contributed by atoms with van der Waals surface area (Å²) >= 11 is 3.18. The Balaban J connectivity index is 1.61. The Morgan fingerprint density at radius 2 is 2.12 bits per heavy atom. The Morgan fingerprint density at radius 1 is 1.32 bits per heavy atom. The highest BCUT2D eigenvalue weighted by Crippen LogP contribution is 2.34. The van der Waals surface area contributed by atoms with Gasteiger partial charge in [-0.2, -0.15) is 0 Å². The minimum atomic E-state index is -0.352. The van der Waals surface area contributed by atoms with Gasteiger partial charge in [0.25, 0.3) is 5.91 Å². The van der Waals surface area contributed by atoms with Gasteiger partial charge < -0.3 is 15.1 Å². The summed E-state index contributed by atoms with van der Waals surface area (Å²) in [6.45, 7) is 5.97. The number of amides is 2. The summed E-state index contributed by atoms with van der Waals surface area (Å²) in [7, 11) is 0. The van der Waals surface area contributed by atoms with E-state index >= 15 is 0 Å². The number of rotatable bonds is 7. The topological polar surface area (TPSA) is 52.7 Å². The van der Waals surface area contributed by atoms with Crippen LogP contribution in [-0.2, 0) is 4.79 Å². The Kier molecular flexibility index (Phi) is 6.78. The molecule has 0 radical (unpaired) electrons. The molecule has 7 heteroatoms. The van der Waals surface area contributed by atoms with E-state index in [4.69, 9.17) is 0 Å². The second-order valence-electron chi connectivity index (χ2n) is 6.62. The van der Waals surface area contributed by atoms with Gasteiger partial charge in [-0.1, -0.05) is 19.4 Å². The molecular weight excluding hydrogens is 354 g/mol. The third-order valence-electron chi connectivity index (χ3n) is 4.82. The van der Waals surface area contributed by atoms with Crippen LogP contribution in [0.4, 0.5) is 0 Å². The van der Waals surface area contributed by atoms with Crippen LogP contribution in [0, 0.1) is 0 Å². The van der Waals surface area contributed by atoms with Gasteiger partial charge in [-0.05, 0) is 43.8 Å². The summed E-state index contributed by atoms with van der Waals surface area (Å²) in [5.74, 6) is 0.686. The Morgan fingerprint density at radius 3 is 2.80 bits per heavy atom. The van der Waals surface area contributed by atoms with Crippen LogP contribution in [0.25, 0.3) is 0 Å². The van der Waals surface area contributed by atoms with Crippen LogP contribution in [0.1, 0.15) is 42.3 Å². The molecule has 0 aromatic carbocycles. The number of likely N-dealkylation sites (tertiary alicyclic amines) is 1. The van der Waals surface area contributed by atoms with E-state index in [0.29, 0.717) is 12.3 Å². The number of thiophene rings is 1. The van der Waals surface area contributed by atoms with Crippen LogP contribution in [-0.4, -0.2) is 65.0 Å². The fraction of sp³-hybridized carbons (Fsp3) is 0.667. The standard InChI is InChI=1S/C18H27N3O2S2/c1-2-6-16-21(18(23)15-7-5-12-24-15)14(13-25-16)17(22)19-8-11-20-9-3-4-10-20/h5,7,12,14,16H,2-4,6,8-11,13H2,1H3,(H,19,22). The predicted molar refractivity (Wildman–Crippen MR) is 104 cm³/mol. The molecule has 0 bridgehead atoms. The molecular formula is C18H27N3O2S2. The van der Waals surface area contributed by atoms with Crippen molar-refractivity contribution in [1.29, 1.82) is 0 Å². The Bertz CT molecular complexity index is 573. The first kappa shape index (κ1) is 18.7. The largest absolute Gasteiger partial charge is 0.353 e. The van der Waals surface area contributed by atoms with Crippen molar-refractivity contribution in [2.24, 2.45) is 0 Å². The van der Waals surface area contributed by atoms with E-state index in [2.05, 4.69) is 17.1 Å². The zero-order chi connectivity index (χ0) is 17.6. The van der Waals surface area contributed by atoms with Crippen molar-refractivity contribution in [1.82, 2.24) is 15.1 Å². The molecule has 1 aromatic heterocycles. The van der Waals surface area contributed by atoms with Crippen molar-refractivity contribution in [3.05, 3.63) is 22.4 Å². The van der Waals surface area contributed by atoms with Crippen LogP contribution in [0.5, 0.6) is 0 Å². The average molecular weight is 382 g/mol. The van der Waals surface area contributed by atoms with E-state index in [1.54, 1.807) is 11.8 Å². The maximum atomic E-state index is 12.9. The first-order valence-electron chi connectivity index (χ1n) is 9.18. The molecule has 2 atom stereocenters. The third kappa shape index (κ3) is 4.57.